The number of carbonyl (C=O) groups is 1. The fraction of sp³-hybridized carbons (Fsp3) is 0.312. The van der Waals surface area contributed by atoms with E-state index >= 15 is 0 Å². The fourth-order valence-electron chi connectivity index (χ4n) is 2.08. The van der Waals surface area contributed by atoms with E-state index < -0.39 is 0 Å². The predicted molar refractivity (Wildman–Crippen MR) is 80.5 cm³/mol. The van der Waals surface area contributed by atoms with Crippen molar-refractivity contribution in [1.29, 1.82) is 0 Å². The molecule has 1 aromatic heterocycles. The van der Waals surface area contributed by atoms with E-state index in [9.17, 15) is 4.79 Å². The minimum Gasteiger partial charge on any atom is -0.497 e. The van der Waals surface area contributed by atoms with E-state index in [1.54, 1.807) is 20.3 Å². The number of nitrogens with one attached hydrogen (secondary N) is 1. The molecule has 2 rings (SSSR count). The molecule has 0 bridgehead atoms. The van der Waals surface area contributed by atoms with Gasteiger partial charge in [-0.3, -0.25) is 4.79 Å². The first-order valence-electron chi connectivity index (χ1n) is 6.70. The Morgan fingerprint density at radius 1 is 1.14 bits per heavy atom. The first-order valence-corrected chi connectivity index (χ1v) is 6.70. The van der Waals surface area contributed by atoms with E-state index in [1.807, 2.05) is 42.2 Å². The summed E-state index contributed by atoms with van der Waals surface area (Å²) in [5.41, 5.74) is 1.94. The molecule has 1 N–H and O–H groups in total. The van der Waals surface area contributed by atoms with Gasteiger partial charge in [0.05, 0.1) is 20.6 Å². The maximum absolute atomic E-state index is 11.9. The molecule has 0 atom stereocenters. The number of benzene rings is 1. The lowest BCUT2D eigenvalue weighted by atomic mass is 10.2. The first kappa shape index (κ1) is 15.0. The second kappa shape index (κ2) is 6.83. The highest BCUT2D eigenvalue weighted by atomic mass is 16.5. The normalized spacial score (nSPS) is 10.2. The second-order valence-electron chi connectivity index (χ2n) is 4.86. The third-order valence-electron chi connectivity index (χ3n) is 3.16. The molecule has 0 aliphatic rings. The van der Waals surface area contributed by atoms with Crippen molar-refractivity contribution >= 4 is 5.91 Å². The molecule has 5 nitrogen and oxygen atoms in total. The Hall–Kier alpha value is -2.43. The van der Waals surface area contributed by atoms with Gasteiger partial charge in [0.25, 0.3) is 0 Å². The highest BCUT2D eigenvalue weighted by molar-refractivity contribution is 5.78. The quantitative estimate of drug-likeness (QED) is 0.883. The van der Waals surface area contributed by atoms with Crippen molar-refractivity contribution in [2.24, 2.45) is 7.05 Å². The molecule has 1 heterocycles. The van der Waals surface area contributed by atoms with Gasteiger partial charge in [0.2, 0.25) is 5.91 Å². The number of nitrogens with zero attached hydrogens (tertiary/aromatic N) is 1. The molecule has 1 amide bonds. The van der Waals surface area contributed by atoms with Crippen LogP contribution in [-0.2, 0) is 24.8 Å². The minimum absolute atomic E-state index is 0.0111. The minimum atomic E-state index is -0.0111. The van der Waals surface area contributed by atoms with Crippen molar-refractivity contribution in [1.82, 2.24) is 9.88 Å². The predicted octanol–water partition coefficient (Wildman–Crippen LogP) is 1.90. The van der Waals surface area contributed by atoms with E-state index in [1.165, 1.54) is 0 Å². The van der Waals surface area contributed by atoms with E-state index in [0.29, 0.717) is 24.5 Å². The molecular formula is C16H20N2O3. The van der Waals surface area contributed by atoms with Crippen LogP contribution < -0.4 is 14.8 Å². The molecule has 0 fully saturated rings. The van der Waals surface area contributed by atoms with E-state index in [2.05, 4.69) is 5.32 Å². The number of hydrogen-bond donors (Lipinski definition) is 1. The SMILES string of the molecule is COc1cc(CNC(=O)Cc2ccn(C)c2)cc(OC)c1. The maximum atomic E-state index is 11.9. The van der Waals surface area contributed by atoms with Crippen LogP contribution in [0.15, 0.2) is 36.7 Å². The molecule has 5 heteroatoms. The van der Waals surface area contributed by atoms with Gasteiger partial charge in [0.1, 0.15) is 11.5 Å². The summed E-state index contributed by atoms with van der Waals surface area (Å²) in [5, 5.41) is 2.90. The molecule has 0 saturated carbocycles. The number of aryl methyl sites for hydroxylation is 1. The van der Waals surface area contributed by atoms with Gasteiger partial charge in [-0.25, -0.2) is 0 Å². The van der Waals surface area contributed by atoms with Crippen molar-refractivity contribution in [2.75, 3.05) is 14.2 Å². The zero-order valence-electron chi connectivity index (χ0n) is 12.6. The summed E-state index contributed by atoms with van der Waals surface area (Å²) < 4.78 is 12.3. The van der Waals surface area contributed by atoms with Crippen LogP contribution in [0.3, 0.4) is 0 Å². The molecule has 0 aliphatic heterocycles. The number of hydrogen-bond acceptors (Lipinski definition) is 3. The van der Waals surface area contributed by atoms with Crippen molar-refractivity contribution in [2.45, 2.75) is 13.0 Å². The van der Waals surface area contributed by atoms with Gasteiger partial charge >= 0.3 is 0 Å². The molecule has 1 aromatic carbocycles. The van der Waals surface area contributed by atoms with Gasteiger partial charge in [-0.05, 0) is 29.3 Å². The number of methoxy groups -OCH3 is 2. The number of carbonyl (C=O) groups excluding carboxylic acids is 1. The van der Waals surface area contributed by atoms with Gasteiger partial charge in [0.15, 0.2) is 0 Å². The summed E-state index contributed by atoms with van der Waals surface area (Å²) in [4.78, 5) is 11.9. The summed E-state index contributed by atoms with van der Waals surface area (Å²) >= 11 is 0. The Kier molecular flexibility index (Phi) is 4.87. The highest BCUT2D eigenvalue weighted by Gasteiger charge is 2.06. The molecule has 0 radical (unpaired) electrons. The average Bonchev–Trinajstić information content (AvgIpc) is 2.89. The molecule has 0 spiro atoms. The van der Waals surface area contributed by atoms with Crippen LogP contribution in [0.5, 0.6) is 11.5 Å². The monoisotopic (exact) mass is 288 g/mol. The Morgan fingerprint density at radius 3 is 2.33 bits per heavy atom. The smallest absolute Gasteiger partial charge is 0.224 e. The van der Waals surface area contributed by atoms with Crippen LogP contribution in [0.2, 0.25) is 0 Å². The van der Waals surface area contributed by atoms with E-state index in [-0.39, 0.29) is 5.91 Å². The summed E-state index contributed by atoms with van der Waals surface area (Å²) in [6.07, 6.45) is 4.24. The molecule has 0 aliphatic carbocycles. The number of aromatic nitrogens is 1. The summed E-state index contributed by atoms with van der Waals surface area (Å²) in [5.74, 6) is 1.41. The van der Waals surface area contributed by atoms with Crippen molar-refractivity contribution in [3.63, 3.8) is 0 Å². The van der Waals surface area contributed by atoms with Gasteiger partial charge < -0.3 is 19.4 Å². The lowest BCUT2D eigenvalue weighted by Gasteiger charge is -2.09. The topological polar surface area (TPSA) is 52.5 Å². The lowest BCUT2D eigenvalue weighted by molar-refractivity contribution is -0.120. The first-order chi connectivity index (χ1) is 10.1. The van der Waals surface area contributed by atoms with Crippen LogP contribution >= 0.6 is 0 Å². The van der Waals surface area contributed by atoms with Gasteiger partial charge in [-0.2, -0.15) is 0 Å². The fourth-order valence-corrected chi connectivity index (χ4v) is 2.08. The van der Waals surface area contributed by atoms with Gasteiger partial charge in [-0.1, -0.05) is 0 Å². The molecule has 0 saturated heterocycles. The second-order valence-corrected chi connectivity index (χ2v) is 4.86. The molecule has 0 unspecified atom stereocenters. The van der Waals surface area contributed by atoms with Crippen LogP contribution in [0.4, 0.5) is 0 Å². The molecule has 112 valence electrons. The summed E-state index contributed by atoms with van der Waals surface area (Å²) in [7, 11) is 5.14. The van der Waals surface area contributed by atoms with Crippen LogP contribution in [0, 0.1) is 0 Å². The van der Waals surface area contributed by atoms with E-state index in [4.69, 9.17) is 9.47 Å². The highest BCUT2D eigenvalue weighted by Crippen LogP contribution is 2.22. The molecule has 2 aromatic rings. The number of amides is 1. The van der Waals surface area contributed by atoms with Crippen molar-refractivity contribution < 1.29 is 14.3 Å². The average molecular weight is 288 g/mol. The van der Waals surface area contributed by atoms with E-state index in [0.717, 1.165) is 11.1 Å². The number of ether oxygens (including phenoxy) is 2. The standard InChI is InChI=1S/C16H20N2O3/c1-18-5-4-12(11-18)8-16(19)17-10-13-6-14(20-2)9-15(7-13)21-3/h4-7,9,11H,8,10H2,1-3H3,(H,17,19). The maximum Gasteiger partial charge on any atom is 0.224 e. The third-order valence-corrected chi connectivity index (χ3v) is 3.16. The van der Waals surface area contributed by atoms with Gasteiger partial charge in [0, 0.05) is 32.1 Å². The lowest BCUT2D eigenvalue weighted by Crippen LogP contribution is -2.24. The van der Waals surface area contributed by atoms with Crippen LogP contribution in [0.1, 0.15) is 11.1 Å². The van der Waals surface area contributed by atoms with Crippen molar-refractivity contribution in [3.8, 4) is 11.5 Å². The van der Waals surface area contributed by atoms with Crippen molar-refractivity contribution in [3.05, 3.63) is 47.8 Å². The molecular weight excluding hydrogens is 268 g/mol. The summed E-state index contributed by atoms with van der Waals surface area (Å²) in [6, 6.07) is 7.50. The number of rotatable bonds is 6. The Labute approximate surface area is 124 Å². The zero-order valence-corrected chi connectivity index (χ0v) is 12.6. The Balaban J connectivity index is 1.94. The van der Waals surface area contributed by atoms with Gasteiger partial charge in [-0.15, -0.1) is 0 Å². The largest absolute Gasteiger partial charge is 0.497 e. The summed E-state index contributed by atoms with van der Waals surface area (Å²) in [6.45, 7) is 0.444. The van der Waals surface area contributed by atoms with Crippen LogP contribution in [0.25, 0.3) is 0 Å². The van der Waals surface area contributed by atoms with Crippen LogP contribution in [-0.4, -0.2) is 24.7 Å². The zero-order chi connectivity index (χ0) is 15.2. The Bertz CT molecular complexity index is 597. The Morgan fingerprint density at radius 2 is 1.81 bits per heavy atom. The molecule has 21 heavy (non-hydrogen) atoms. The third kappa shape index (κ3) is 4.27.